The highest BCUT2D eigenvalue weighted by Gasteiger charge is 2.25. The van der Waals surface area contributed by atoms with Crippen LogP contribution in [0, 0.1) is 5.92 Å². The van der Waals surface area contributed by atoms with E-state index in [-0.39, 0.29) is 10.2 Å². The van der Waals surface area contributed by atoms with Gasteiger partial charge in [0.1, 0.15) is 4.75 Å². The molecule has 1 aromatic rings. The minimum absolute atomic E-state index is 0.0549. The van der Waals surface area contributed by atoms with Crippen molar-refractivity contribution in [3.05, 3.63) is 35.4 Å². The van der Waals surface area contributed by atoms with Crippen LogP contribution in [0.25, 0.3) is 0 Å². The van der Waals surface area contributed by atoms with Crippen LogP contribution in [0.2, 0.25) is 0 Å². The molecule has 1 heteroatoms. The van der Waals surface area contributed by atoms with Gasteiger partial charge in [0.25, 0.3) is 0 Å². The maximum atomic E-state index is 3.77. The lowest BCUT2D eigenvalue weighted by Crippen LogP contribution is -2.21. The molecule has 0 aliphatic carbocycles. The van der Waals surface area contributed by atoms with Gasteiger partial charge >= 0.3 is 0 Å². The van der Waals surface area contributed by atoms with Gasteiger partial charge in [0.2, 0.25) is 0 Å². The van der Waals surface area contributed by atoms with Crippen LogP contribution in [0.1, 0.15) is 65.5 Å². The van der Waals surface area contributed by atoms with Crippen LogP contribution in [-0.2, 0) is 22.8 Å². The Morgan fingerprint density at radius 1 is 1.00 bits per heavy atom. The molecule has 0 saturated heterocycles. The molecule has 1 aromatic carbocycles. The van der Waals surface area contributed by atoms with E-state index in [1.54, 1.807) is 0 Å². The molecule has 0 fully saturated rings. The summed E-state index contributed by atoms with van der Waals surface area (Å²) in [6.07, 6.45) is 2.51. The Balaban J connectivity index is 2.90. The zero-order valence-corrected chi connectivity index (χ0v) is 13.8. The normalized spacial score (nSPS) is 14.6. The number of rotatable bonds is 5. The van der Waals surface area contributed by atoms with Gasteiger partial charge in [-0.3, -0.25) is 0 Å². The van der Waals surface area contributed by atoms with Gasteiger partial charge in [0.15, 0.2) is 0 Å². The molecule has 0 aromatic heterocycles. The molecular weight excluding hydrogens is 236 g/mol. The lowest BCUT2D eigenvalue weighted by molar-refractivity contribution is 0.372. The van der Waals surface area contributed by atoms with E-state index < -0.39 is 0 Å². The summed E-state index contributed by atoms with van der Waals surface area (Å²) in [6, 6.07) is 9.08. The van der Waals surface area contributed by atoms with Crippen LogP contribution in [0.4, 0.5) is 0 Å². The summed E-state index contributed by atoms with van der Waals surface area (Å²) < 4.78 is 0.0549. The molecule has 1 unspecified atom stereocenters. The Kier molecular flexibility index (Phi) is 4.94. The van der Waals surface area contributed by atoms with E-state index in [0.717, 1.165) is 5.92 Å². The first-order valence-corrected chi connectivity index (χ1v) is 7.53. The van der Waals surface area contributed by atoms with Crippen LogP contribution in [0.5, 0.6) is 0 Å². The van der Waals surface area contributed by atoms with Gasteiger partial charge in [-0.2, -0.15) is 0 Å². The van der Waals surface area contributed by atoms with E-state index in [2.05, 4.69) is 78.4 Å². The Morgan fingerprint density at radius 3 is 1.83 bits per heavy atom. The molecule has 0 aliphatic heterocycles. The average Bonchev–Trinajstić information content (AvgIpc) is 2.27. The van der Waals surface area contributed by atoms with Crippen molar-refractivity contribution in [3.63, 3.8) is 0 Å². The number of benzene rings is 1. The number of hydrogen-bond donors (Lipinski definition) is 0. The molecule has 0 saturated carbocycles. The Morgan fingerprint density at radius 2 is 1.44 bits per heavy atom. The number of hydrogen-bond acceptors (Lipinski definition) is 0. The molecule has 0 nitrogen and oxygen atoms in total. The van der Waals surface area contributed by atoms with E-state index in [1.807, 2.05) is 0 Å². The molecule has 102 valence electrons. The van der Waals surface area contributed by atoms with E-state index in [4.69, 9.17) is 0 Å². The zero-order chi connectivity index (χ0) is 14.0. The van der Waals surface area contributed by atoms with Gasteiger partial charge in [0.05, 0.1) is 0 Å². The molecule has 0 amide bonds. The average molecular weight is 265 g/mol. The summed E-state index contributed by atoms with van der Waals surface area (Å²) in [4.78, 5) is 0. The SMILES string of the molecule is CCC(C)CC(C)(C)c1ccc(C(C)(C)[SH2+])cc1. The fourth-order valence-corrected chi connectivity index (χ4v) is 2.64. The van der Waals surface area contributed by atoms with Crippen LogP contribution < -0.4 is 0 Å². The first kappa shape index (κ1) is 15.6. The van der Waals surface area contributed by atoms with Crippen LogP contribution in [0.15, 0.2) is 24.3 Å². The predicted molar refractivity (Wildman–Crippen MR) is 86.7 cm³/mol. The third-order valence-electron chi connectivity index (χ3n) is 3.94. The predicted octanol–water partition coefficient (Wildman–Crippen LogP) is 4.65. The molecule has 0 bridgehead atoms. The van der Waals surface area contributed by atoms with Gasteiger partial charge in [-0.15, -0.1) is 0 Å². The quantitative estimate of drug-likeness (QED) is 0.680. The minimum atomic E-state index is 0.0549. The molecule has 0 heterocycles. The molecule has 1 rings (SSSR count). The van der Waals surface area contributed by atoms with Crippen LogP contribution >= 0.6 is 0 Å². The fourth-order valence-electron chi connectivity index (χ4n) is 2.47. The second-order valence-corrected chi connectivity index (χ2v) is 8.05. The summed E-state index contributed by atoms with van der Waals surface area (Å²) in [7, 11) is 0. The molecule has 18 heavy (non-hydrogen) atoms. The smallest absolute Gasteiger partial charge is 0.0651 e. The molecular formula is C17H29S+. The van der Waals surface area contributed by atoms with Gasteiger partial charge in [0, 0.05) is 5.56 Å². The lowest BCUT2D eigenvalue weighted by Gasteiger charge is -2.29. The van der Waals surface area contributed by atoms with E-state index >= 15 is 0 Å². The first-order chi connectivity index (χ1) is 8.16. The standard InChI is InChI=1S/C17H28S/c1-7-13(2)12-16(3,4)14-8-10-15(11-9-14)17(5,6)18/h8-11,13,18H,7,12H2,1-6H3/p+1. The third kappa shape index (κ3) is 4.05. The van der Waals surface area contributed by atoms with E-state index in [0.29, 0.717) is 0 Å². The molecule has 0 spiro atoms. The third-order valence-corrected chi connectivity index (χ3v) is 4.23. The van der Waals surface area contributed by atoms with E-state index in [9.17, 15) is 0 Å². The minimum Gasteiger partial charge on any atom is -0.0651 e. The fraction of sp³-hybridized carbons (Fsp3) is 0.647. The van der Waals surface area contributed by atoms with E-state index in [1.165, 1.54) is 24.0 Å². The van der Waals surface area contributed by atoms with Gasteiger partial charge in [-0.1, -0.05) is 58.4 Å². The van der Waals surface area contributed by atoms with Crippen molar-refractivity contribution in [2.75, 3.05) is 0 Å². The summed E-state index contributed by atoms with van der Waals surface area (Å²) in [5, 5.41) is 0. The van der Waals surface area contributed by atoms with Crippen molar-refractivity contribution in [2.45, 2.75) is 64.5 Å². The maximum Gasteiger partial charge on any atom is 0.143 e. The Labute approximate surface area is 119 Å². The van der Waals surface area contributed by atoms with Crippen molar-refractivity contribution >= 4 is 12.6 Å². The summed E-state index contributed by atoms with van der Waals surface area (Å²) in [5.74, 6) is 0.784. The zero-order valence-electron chi connectivity index (χ0n) is 12.8. The second-order valence-electron chi connectivity index (χ2n) is 6.80. The summed E-state index contributed by atoms with van der Waals surface area (Å²) >= 11 is 3.77. The van der Waals surface area contributed by atoms with Gasteiger partial charge < -0.3 is 0 Å². The first-order valence-electron chi connectivity index (χ1n) is 7.03. The molecule has 0 N–H and O–H groups in total. The van der Waals surface area contributed by atoms with Crippen molar-refractivity contribution in [1.29, 1.82) is 0 Å². The highest BCUT2D eigenvalue weighted by Crippen LogP contribution is 2.32. The Hall–Kier alpha value is -0.430. The van der Waals surface area contributed by atoms with Gasteiger partial charge in [-0.25, -0.2) is 0 Å². The lowest BCUT2D eigenvalue weighted by atomic mass is 9.76. The van der Waals surface area contributed by atoms with Crippen LogP contribution in [-0.4, -0.2) is 0 Å². The van der Waals surface area contributed by atoms with Gasteiger partial charge in [-0.05, 0) is 49.8 Å². The Bertz CT molecular complexity index is 368. The second kappa shape index (κ2) is 5.69. The monoisotopic (exact) mass is 265 g/mol. The molecule has 0 radical (unpaired) electrons. The summed E-state index contributed by atoms with van der Waals surface area (Å²) in [5.41, 5.74) is 3.05. The van der Waals surface area contributed by atoms with Crippen molar-refractivity contribution in [3.8, 4) is 0 Å². The molecule has 0 aliphatic rings. The van der Waals surface area contributed by atoms with Crippen molar-refractivity contribution in [1.82, 2.24) is 0 Å². The van der Waals surface area contributed by atoms with Crippen molar-refractivity contribution in [2.24, 2.45) is 5.92 Å². The summed E-state index contributed by atoms with van der Waals surface area (Å²) in [6.45, 7) is 13.7. The topological polar surface area (TPSA) is 0 Å². The highest BCUT2D eigenvalue weighted by atomic mass is 32.1. The van der Waals surface area contributed by atoms with Crippen LogP contribution in [0.3, 0.4) is 0 Å². The largest absolute Gasteiger partial charge is 0.143 e. The maximum absolute atomic E-state index is 3.77. The van der Waals surface area contributed by atoms with Crippen molar-refractivity contribution < 1.29 is 0 Å². The molecule has 1 atom stereocenters. The highest BCUT2D eigenvalue weighted by molar-refractivity contribution is 7.59.